The number of nitrogens with one attached hydrogen (secondary N) is 1. The summed E-state index contributed by atoms with van der Waals surface area (Å²) >= 11 is 0. The van der Waals surface area contributed by atoms with E-state index in [0.29, 0.717) is 12.1 Å². The topological polar surface area (TPSA) is 55.1 Å². The molecular formula is C17H24N2O. The number of nitrogens with two attached hydrogens (primary N) is 1. The first-order valence-corrected chi connectivity index (χ1v) is 7.27. The molecule has 0 radical (unpaired) electrons. The number of carbonyl (C=O) groups is 1. The molecule has 3 heteroatoms. The minimum atomic E-state index is -0.0182. The molecular weight excluding hydrogens is 248 g/mol. The van der Waals surface area contributed by atoms with Crippen molar-refractivity contribution < 1.29 is 4.79 Å². The van der Waals surface area contributed by atoms with E-state index in [1.807, 2.05) is 25.1 Å². The Labute approximate surface area is 121 Å². The molecule has 1 aromatic rings. The van der Waals surface area contributed by atoms with Gasteiger partial charge in [0.1, 0.15) is 0 Å². The lowest BCUT2D eigenvalue weighted by molar-refractivity contribution is 0.0952. The summed E-state index contributed by atoms with van der Waals surface area (Å²) in [5.74, 6) is 5.80. The van der Waals surface area contributed by atoms with Gasteiger partial charge < -0.3 is 11.1 Å². The summed E-state index contributed by atoms with van der Waals surface area (Å²) in [5.41, 5.74) is 7.86. The van der Waals surface area contributed by atoms with Crippen LogP contribution in [0.5, 0.6) is 0 Å². The maximum Gasteiger partial charge on any atom is 0.251 e. The molecule has 1 amide bonds. The van der Waals surface area contributed by atoms with Crippen molar-refractivity contribution in [1.82, 2.24) is 5.32 Å². The smallest absolute Gasteiger partial charge is 0.251 e. The molecule has 3 N–H and O–H groups in total. The number of rotatable bonds is 6. The van der Waals surface area contributed by atoms with E-state index in [4.69, 9.17) is 5.73 Å². The summed E-state index contributed by atoms with van der Waals surface area (Å²) < 4.78 is 0. The second-order valence-corrected chi connectivity index (χ2v) is 4.80. The summed E-state index contributed by atoms with van der Waals surface area (Å²) in [7, 11) is 0. The van der Waals surface area contributed by atoms with Gasteiger partial charge in [-0.05, 0) is 31.0 Å². The molecule has 0 aliphatic heterocycles. The Bertz CT molecular complexity index is 497. The highest BCUT2D eigenvalue weighted by Crippen LogP contribution is 2.12. The van der Waals surface area contributed by atoms with Crippen LogP contribution >= 0.6 is 0 Å². The van der Waals surface area contributed by atoms with Gasteiger partial charge >= 0.3 is 0 Å². The molecule has 0 aliphatic rings. The lowest BCUT2D eigenvalue weighted by Crippen LogP contribution is -2.25. The Morgan fingerprint density at radius 2 is 2.10 bits per heavy atom. The molecule has 0 unspecified atom stereocenters. The third-order valence-electron chi connectivity index (χ3n) is 3.22. The van der Waals surface area contributed by atoms with Gasteiger partial charge in [0.2, 0.25) is 0 Å². The zero-order valence-electron chi connectivity index (χ0n) is 12.5. The molecule has 1 aromatic carbocycles. The van der Waals surface area contributed by atoms with Gasteiger partial charge in [0.05, 0.1) is 6.54 Å². The zero-order chi connectivity index (χ0) is 14.8. The minimum Gasteiger partial charge on any atom is -0.352 e. The molecule has 20 heavy (non-hydrogen) atoms. The van der Waals surface area contributed by atoms with Crippen LogP contribution in [0.3, 0.4) is 0 Å². The number of unbranched alkanes of at least 4 members (excludes halogenated alkanes) is 3. The molecule has 0 spiro atoms. The lowest BCUT2D eigenvalue weighted by Gasteiger charge is -2.09. The van der Waals surface area contributed by atoms with E-state index in [-0.39, 0.29) is 5.91 Å². The molecule has 0 saturated carbocycles. The number of benzene rings is 1. The van der Waals surface area contributed by atoms with Gasteiger partial charge in [-0.2, -0.15) is 0 Å². The molecule has 0 aromatic heterocycles. The van der Waals surface area contributed by atoms with Gasteiger partial charge in [-0.1, -0.05) is 44.1 Å². The Kier molecular flexibility index (Phi) is 7.46. The molecule has 0 aliphatic carbocycles. The predicted molar refractivity (Wildman–Crippen MR) is 83.6 cm³/mol. The first-order chi connectivity index (χ1) is 9.70. The Hall–Kier alpha value is -1.79. The van der Waals surface area contributed by atoms with E-state index in [2.05, 4.69) is 24.1 Å². The van der Waals surface area contributed by atoms with Crippen molar-refractivity contribution in [3.05, 3.63) is 34.9 Å². The Morgan fingerprint density at radius 3 is 2.80 bits per heavy atom. The monoisotopic (exact) mass is 272 g/mol. The molecule has 0 atom stereocenters. The van der Waals surface area contributed by atoms with Crippen molar-refractivity contribution in [2.45, 2.75) is 39.5 Å². The number of hydrogen-bond donors (Lipinski definition) is 2. The van der Waals surface area contributed by atoms with Crippen LogP contribution in [-0.4, -0.2) is 19.0 Å². The van der Waals surface area contributed by atoms with Gasteiger partial charge in [-0.25, -0.2) is 0 Å². The molecule has 3 nitrogen and oxygen atoms in total. The van der Waals surface area contributed by atoms with E-state index in [1.165, 1.54) is 12.8 Å². The molecule has 0 heterocycles. The maximum absolute atomic E-state index is 12.1. The van der Waals surface area contributed by atoms with Crippen LogP contribution in [0.25, 0.3) is 0 Å². The first-order valence-electron chi connectivity index (χ1n) is 7.27. The normalized spacial score (nSPS) is 9.75. The number of amides is 1. The predicted octanol–water partition coefficient (Wildman–Crippen LogP) is 2.62. The zero-order valence-corrected chi connectivity index (χ0v) is 12.5. The molecule has 0 bridgehead atoms. The van der Waals surface area contributed by atoms with E-state index in [0.717, 1.165) is 30.5 Å². The third-order valence-corrected chi connectivity index (χ3v) is 3.22. The van der Waals surface area contributed by atoms with Crippen LogP contribution in [0.2, 0.25) is 0 Å². The standard InChI is InChI=1S/C17H24N2O/c1-3-4-5-6-13-19-17(20)16-11-7-9-15(14(16)2)10-8-12-18/h7,9,11H,3-6,12-13,18H2,1-2H3,(H,19,20). The van der Waals surface area contributed by atoms with Crippen molar-refractivity contribution in [2.75, 3.05) is 13.1 Å². The lowest BCUT2D eigenvalue weighted by atomic mass is 10.0. The summed E-state index contributed by atoms with van der Waals surface area (Å²) in [6.07, 6.45) is 4.62. The number of carbonyl (C=O) groups excluding carboxylic acids is 1. The van der Waals surface area contributed by atoms with Crippen LogP contribution in [0.15, 0.2) is 18.2 Å². The van der Waals surface area contributed by atoms with Gasteiger partial charge in [-0.3, -0.25) is 4.79 Å². The van der Waals surface area contributed by atoms with E-state index in [9.17, 15) is 4.79 Å². The maximum atomic E-state index is 12.1. The molecule has 1 rings (SSSR count). The largest absolute Gasteiger partial charge is 0.352 e. The first kappa shape index (κ1) is 16.3. The summed E-state index contributed by atoms with van der Waals surface area (Å²) in [4.78, 5) is 12.1. The second-order valence-electron chi connectivity index (χ2n) is 4.80. The van der Waals surface area contributed by atoms with Crippen molar-refractivity contribution in [1.29, 1.82) is 0 Å². The van der Waals surface area contributed by atoms with Crippen molar-refractivity contribution in [2.24, 2.45) is 5.73 Å². The average Bonchev–Trinajstić information content (AvgIpc) is 2.46. The van der Waals surface area contributed by atoms with E-state index >= 15 is 0 Å². The molecule has 0 saturated heterocycles. The summed E-state index contributed by atoms with van der Waals surface area (Å²) in [6, 6.07) is 5.61. The number of hydrogen-bond acceptors (Lipinski definition) is 2. The van der Waals surface area contributed by atoms with Gasteiger partial charge in [0, 0.05) is 17.7 Å². The fourth-order valence-electron chi connectivity index (χ4n) is 2.01. The fourth-order valence-corrected chi connectivity index (χ4v) is 2.01. The van der Waals surface area contributed by atoms with Crippen LogP contribution in [-0.2, 0) is 0 Å². The quantitative estimate of drug-likeness (QED) is 0.618. The summed E-state index contributed by atoms with van der Waals surface area (Å²) in [6.45, 7) is 5.16. The fraction of sp³-hybridized carbons (Fsp3) is 0.471. The highest BCUT2D eigenvalue weighted by atomic mass is 16.1. The Morgan fingerprint density at radius 1 is 1.30 bits per heavy atom. The van der Waals surface area contributed by atoms with Crippen LogP contribution < -0.4 is 11.1 Å². The third kappa shape index (κ3) is 5.07. The summed E-state index contributed by atoms with van der Waals surface area (Å²) in [5, 5.41) is 2.97. The second kappa shape index (κ2) is 9.17. The average molecular weight is 272 g/mol. The minimum absolute atomic E-state index is 0.0182. The highest BCUT2D eigenvalue weighted by Gasteiger charge is 2.09. The van der Waals surface area contributed by atoms with Crippen molar-refractivity contribution in [3.63, 3.8) is 0 Å². The van der Waals surface area contributed by atoms with Crippen LogP contribution in [0, 0.1) is 18.8 Å². The highest BCUT2D eigenvalue weighted by molar-refractivity contribution is 5.96. The molecule has 108 valence electrons. The van der Waals surface area contributed by atoms with Crippen molar-refractivity contribution in [3.8, 4) is 11.8 Å². The van der Waals surface area contributed by atoms with E-state index < -0.39 is 0 Å². The molecule has 0 fully saturated rings. The van der Waals surface area contributed by atoms with Crippen LogP contribution in [0.4, 0.5) is 0 Å². The van der Waals surface area contributed by atoms with E-state index in [1.54, 1.807) is 0 Å². The van der Waals surface area contributed by atoms with Gasteiger partial charge in [0.25, 0.3) is 5.91 Å². The van der Waals surface area contributed by atoms with Gasteiger partial charge in [-0.15, -0.1) is 0 Å². The van der Waals surface area contributed by atoms with Crippen LogP contribution in [0.1, 0.15) is 54.1 Å². The van der Waals surface area contributed by atoms with Gasteiger partial charge in [0.15, 0.2) is 0 Å². The van der Waals surface area contributed by atoms with Crippen molar-refractivity contribution >= 4 is 5.91 Å². The SMILES string of the molecule is CCCCCCNC(=O)c1cccc(C#CCN)c1C. The Balaban J connectivity index is 2.64.